The van der Waals surface area contributed by atoms with Crippen LogP contribution in [0.5, 0.6) is 0 Å². The monoisotopic (exact) mass is 907 g/mol. The summed E-state index contributed by atoms with van der Waals surface area (Å²) < 4.78 is 40.3. The van der Waals surface area contributed by atoms with Crippen LogP contribution in [0.1, 0.15) is 35.0 Å². The van der Waals surface area contributed by atoms with Crippen LogP contribution in [0.15, 0.2) is 150 Å². The number of furan rings is 1. The van der Waals surface area contributed by atoms with Gasteiger partial charge in [-0.25, -0.2) is 0 Å². The fraction of sp³-hybridized carbons (Fsp3) is 0.130. The van der Waals surface area contributed by atoms with Gasteiger partial charge in [-0.05, 0) is 35.3 Å². The number of hydrogen-bond donors (Lipinski definition) is 0. The van der Waals surface area contributed by atoms with E-state index in [1.807, 2.05) is 141 Å². The van der Waals surface area contributed by atoms with Crippen LogP contribution < -0.4 is 4.40 Å². The van der Waals surface area contributed by atoms with E-state index in [1.165, 1.54) is 10.6 Å². The van der Waals surface area contributed by atoms with Crippen molar-refractivity contribution in [2.75, 3.05) is 0 Å². The summed E-state index contributed by atoms with van der Waals surface area (Å²) in [5, 5.41) is 2.01. The second-order valence-corrected chi connectivity index (χ2v) is 23.9. The second-order valence-electron chi connectivity index (χ2n) is 13.3. The second kappa shape index (κ2) is 15.7. The SMILES string of the molecule is [2H]C(C)(c1ccccc1)c1cc(-c2[c-]cccc2)nc[c]1[Ge]([CH3])([CH3])[CH3].[2H]C([2H])([2H])c1cnc(-c2[c-]ccc3c2oc2ccccc23)cc1-c1ccccc1.[Ir]. The van der Waals surface area contributed by atoms with E-state index < -0.39 is 26.0 Å². The molecule has 1 radical (unpaired) electrons. The first-order chi connectivity index (χ1) is 25.8. The number of benzene rings is 5. The molecule has 0 amide bonds. The predicted molar refractivity (Wildman–Crippen MR) is 211 cm³/mol. The maximum absolute atomic E-state index is 9.18. The zero-order valence-corrected chi connectivity index (χ0v) is 33.5. The molecule has 0 aliphatic rings. The predicted octanol–water partition coefficient (Wildman–Crippen LogP) is 11.7. The van der Waals surface area contributed by atoms with Gasteiger partial charge in [0.05, 0.1) is 5.58 Å². The number of rotatable bonds is 6. The molecule has 0 fully saturated rings. The molecule has 0 N–H and O–H groups in total. The topological polar surface area (TPSA) is 38.9 Å². The van der Waals surface area contributed by atoms with E-state index in [2.05, 4.69) is 40.5 Å². The Morgan fingerprint density at radius 3 is 2.16 bits per heavy atom. The smallest absolute Gasteiger partial charge is 0.120 e. The first-order valence-electron chi connectivity index (χ1n) is 18.7. The summed E-state index contributed by atoms with van der Waals surface area (Å²) in [5.74, 6) is 6.27. The number of para-hydroxylation sites is 1. The molecule has 0 spiro atoms. The summed E-state index contributed by atoms with van der Waals surface area (Å²) in [5.41, 5.74) is 8.48. The first kappa shape index (κ1) is 31.2. The van der Waals surface area contributed by atoms with E-state index in [4.69, 9.17) is 13.5 Å². The Hall–Kier alpha value is -4.61. The minimum atomic E-state index is -2.26. The molecule has 51 heavy (non-hydrogen) atoms. The molecule has 0 bridgehead atoms. The Bertz CT molecular complexity index is 2550. The van der Waals surface area contributed by atoms with Gasteiger partial charge in [0.15, 0.2) is 0 Å². The van der Waals surface area contributed by atoms with Crippen molar-refractivity contribution < 1.29 is 30.0 Å². The van der Waals surface area contributed by atoms with Gasteiger partial charge in [0.2, 0.25) is 0 Å². The fourth-order valence-electron chi connectivity index (χ4n) is 6.24. The zero-order chi connectivity index (χ0) is 38.1. The summed E-state index contributed by atoms with van der Waals surface area (Å²) in [4.78, 5) is 9.19. The van der Waals surface area contributed by atoms with Crippen molar-refractivity contribution in [2.24, 2.45) is 0 Å². The van der Waals surface area contributed by atoms with Crippen LogP contribution in [-0.2, 0) is 20.1 Å². The van der Waals surface area contributed by atoms with Gasteiger partial charge < -0.3 is 9.40 Å². The van der Waals surface area contributed by atoms with E-state index in [9.17, 15) is 1.37 Å². The summed E-state index contributed by atoms with van der Waals surface area (Å²) in [6.45, 7) is -0.264. The molecule has 3 aromatic heterocycles. The minimum absolute atomic E-state index is 0. The third kappa shape index (κ3) is 7.84. The molecule has 3 heterocycles. The average Bonchev–Trinajstić information content (AvgIpc) is 3.57. The van der Waals surface area contributed by atoms with Gasteiger partial charge in [0, 0.05) is 35.8 Å². The molecule has 255 valence electrons. The molecule has 5 heteroatoms. The number of pyridine rings is 2. The van der Waals surface area contributed by atoms with Crippen molar-refractivity contribution in [3.05, 3.63) is 175 Å². The molecule has 3 nitrogen and oxygen atoms in total. The molecule has 8 rings (SSSR count). The molecular formula is C46H40GeIrN2O-2. The van der Waals surface area contributed by atoms with Crippen LogP contribution in [0.4, 0.5) is 0 Å². The van der Waals surface area contributed by atoms with E-state index in [-0.39, 0.29) is 25.7 Å². The van der Waals surface area contributed by atoms with E-state index in [0.29, 0.717) is 22.4 Å². The van der Waals surface area contributed by atoms with Gasteiger partial charge in [-0.3, -0.25) is 0 Å². The quantitative estimate of drug-likeness (QED) is 0.123. The molecule has 5 aromatic carbocycles. The molecule has 8 aromatic rings. The Morgan fingerprint density at radius 2 is 1.43 bits per heavy atom. The maximum atomic E-state index is 9.18. The van der Waals surface area contributed by atoms with Crippen LogP contribution in [0.3, 0.4) is 0 Å². The molecule has 1 atom stereocenters. The Labute approximate surface area is 323 Å². The number of aromatic nitrogens is 2. The van der Waals surface area contributed by atoms with Gasteiger partial charge in [0.1, 0.15) is 5.58 Å². The van der Waals surface area contributed by atoms with Crippen molar-refractivity contribution in [2.45, 2.75) is 36.9 Å². The molecule has 1 unspecified atom stereocenters. The Kier molecular flexibility index (Phi) is 9.61. The van der Waals surface area contributed by atoms with Gasteiger partial charge in [-0.2, -0.15) is 0 Å². The number of hydrogen-bond acceptors (Lipinski definition) is 3. The molecule has 0 aliphatic heterocycles. The van der Waals surface area contributed by atoms with Crippen LogP contribution in [0, 0.1) is 19.0 Å². The summed E-state index contributed by atoms with van der Waals surface area (Å²) >= 11 is -2.18. The molecule has 0 aliphatic carbocycles. The summed E-state index contributed by atoms with van der Waals surface area (Å²) in [7, 11) is 0. The van der Waals surface area contributed by atoms with Crippen LogP contribution in [0.2, 0.25) is 17.3 Å². The number of nitrogens with zero attached hydrogens (tertiary/aromatic N) is 2. The van der Waals surface area contributed by atoms with E-state index >= 15 is 0 Å². The third-order valence-corrected chi connectivity index (χ3v) is 13.1. The Balaban J connectivity index is 0.000000186. The van der Waals surface area contributed by atoms with E-state index in [1.54, 1.807) is 0 Å². The van der Waals surface area contributed by atoms with E-state index in [0.717, 1.165) is 44.3 Å². The zero-order valence-electron chi connectivity index (χ0n) is 33.0. The largest absolute Gasteiger partial charge is 0.501 e. The summed E-state index contributed by atoms with van der Waals surface area (Å²) in [6.07, 6.45) is 3.46. The van der Waals surface area contributed by atoms with Crippen molar-refractivity contribution in [3.8, 4) is 33.6 Å². The minimum Gasteiger partial charge on any atom is -0.501 e. The van der Waals surface area contributed by atoms with Crippen molar-refractivity contribution in [1.29, 1.82) is 0 Å². The van der Waals surface area contributed by atoms with Crippen molar-refractivity contribution in [3.63, 3.8) is 0 Å². The summed E-state index contributed by atoms with van der Waals surface area (Å²) in [6, 6.07) is 49.6. The number of aryl methyl sites for hydroxylation is 1. The van der Waals surface area contributed by atoms with Gasteiger partial charge >= 0.3 is 149 Å². The molecule has 0 saturated heterocycles. The molecule has 0 saturated carbocycles. The van der Waals surface area contributed by atoms with Gasteiger partial charge in [0.25, 0.3) is 0 Å². The van der Waals surface area contributed by atoms with Crippen LogP contribution in [-0.4, -0.2) is 23.2 Å². The number of fused-ring (bicyclic) bond motifs is 3. The van der Waals surface area contributed by atoms with Crippen molar-refractivity contribution >= 4 is 39.6 Å². The van der Waals surface area contributed by atoms with Crippen LogP contribution in [0.25, 0.3) is 55.6 Å². The van der Waals surface area contributed by atoms with Gasteiger partial charge in [-0.1, -0.05) is 65.5 Å². The molecular weight excluding hydrogens is 861 g/mol. The maximum Gasteiger partial charge on any atom is 0.120 e. The Morgan fingerprint density at radius 1 is 0.725 bits per heavy atom. The van der Waals surface area contributed by atoms with Crippen molar-refractivity contribution in [1.82, 2.24) is 9.97 Å². The fourth-order valence-corrected chi connectivity index (χ4v) is 9.42. The normalized spacial score (nSPS) is 13.8. The average molecular weight is 906 g/mol. The first-order valence-corrected chi connectivity index (χ1v) is 24.1. The van der Waals surface area contributed by atoms with Gasteiger partial charge in [-0.15, -0.1) is 18.2 Å². The van der Waals surface area contributed by atoms with Crippen LogP contribution >= 0.6 is 0 Å². The standard InChI is InChI=1S/C24H16NO.C22H24GeN.Ir/c1-16-15-25-22(14-21(16)17-8-3-2-4-9-17)20-12-7-11-19-18-10-5-6-13-23(18)26-24(19)20;1-17(18-11-7-5-8-12-18)20-15-22(19-13-9-6-10-14-19)24-16-21(20)23(2,3)4;/h2-11,13-15H,1H3;5-13,15-17H,1-4H3;/q2*-1;/i1D3;17D;. The third-order valence-electron chi connectivity index (χ3n) is 8.89.